The van der Waals surface area contributed by atoms with Gasteiger partial charge in [-0.25, -0.2) is 0 Å². The summed E-state index contributed by atoms with van der Waals surface area (Å²) in [6.07, 6.45) is 5.39. The molecule has 1 aliphatic heterocycles. The standard InChI is InChI=1S/C13H21N3O/c1-5-7-12(6-2)13(15-17-4)16-9-8-14-11(3)10-16/h5-7,11,14H,1-2,8-10H2,3-4H3/b12-7+,15-13+. The van der Waals surface area contributed by atoms with Gasteiger partial charge in [0, 0.05) is 31.2 Å². The third-order valence-corrected chi connectivity index (χ3v) is 2.62. The molecule has 0 saturated carbocycles. The number of amidine groups is 1. The molecule has 1 heterocycles. The summed E-state index contributed by atoms with van der Waals surface area (Å²) in [7, 11) is 1.56. The number of piperazine rings is 1. The summed E-state index contributed by atoms with van der Waals surface area (Å²) in [6, 6.07) is 0.445. The van der Waals surface area contributed by atoms with Crippen LogP contribution in [0.1, 0.15) is 6.92 Å². The molecule has 1 atom stereocenters. The quantitative estimate of drug-likeness (QED) is 0.347. The molecule has 0 radical (unpaired) electrons. The van der Waals surface area contributed by atoms with Crippen LogP contribution in [0.3, 0.4) is 0 Å². The van der Waals surface area contributed by atoms with Crippen LogP contribution in [-0.4, -0.2) is 43.5 Å². The highest BCUT2D eigenvalue weighted by Gasteiger charge is 2.20. The minimum atomic E-state index is 0.445. The zero-order valence-electron chi connectivity index (χ0n) is 10.6. The summed E-state index contributed by atoms with van der Waals surface area (Å²) >= 11 is 0. The van der Waals surface area contributed by atoms with Gasteiger partial charge in [-0.15, -0.1) is 0 Å². The number of hydrogen-bond donors (Lipinski definition) is 1. The highest BCUT2D eigenvalue weighted by Crippen LogP contribution is 2.09. The second kappa shape index (κ2) is 6.91. The fourth-order valence-corrected chi connectivity index (χ4v) is 1.87. The fourth-order valence-electron chi connectivity index (χ4n) is 1.87. The van der Waals surface area contributed by atoms with Crippen molar-refractivity contribution in [2.45, 2.75) is 13.0 Å². The molecular formula is C13H21N3O. The van der Waals surface area contributed by atoms with Crippen LogP contribution in [0.25, 0.3) is 0 Å². The van der Waals surface area contributed by atoms with Crippen molar-refractivity contribution >= 4 is 5.84 Å². The largest absolute Gasteiger partial charge is 0.397 e. The Bertz CT molecular complexity index is 334. The number of nitrogens with zero attached hydrogens (tertiary/aromatic N) is 2. The van der Waals surface area contributed by atoms with E-state index >= 15 is 0 Å². The third kappa shape index (κ3) is 3.75. The van der Waals surface area contributed by atoms with Crippen LogP contribution in [-0.2, 0) is 4.84 Å². The maximum atomic E-state index is 4.92. The van der Waals surface area contributed by atoms with Crippen LogP contribution in [0.2, 0.25) is 0 Å². The minimum Gasteiger partial charge on any atom is -0.397 e. The first-order valence-electron chi connectivity index (χ1n) is 5.78. The van der Waals surface area contributed by atoms with Gasteiger partial charge < -0.3 is 15.1 Å². The summed E-state index contributed by atoms with van der Waals surface area (Å²) in [5.41, 5.74) is 0.927. The number of nitrogens with one attached hydrogen (secondary N) is 1. The second-order valence-electron chi connectivity index (χ2n) is 3.96. The first-order valence-corrected chi connectivity index (χ1v) is 5.78. The molecule has 94 valence electrons. The Morgan fingerprint density at radius 3 is 2.82 bits per heavy atom. The molecule has 1 aliphatic rings. The molecule has 0 aromatic carbocycles. The molecule has 0 bridgehead atoms. The van der Waals surface area contributed by atoms with Gasteiger partial charge >= 0.3 is 0 Å². The summed E-state index contributed by atoms with van der Waals surface area (Å²) in [5.74, 6) is 0.816. The maximum absolute atomic E-state index is 4.92. The van der Waals surface area contributed by atoms with Crippen molar-refractivity contribution in [1.82, 2.24) is 10.2 Å². The normalized spacial score (nSPS) is 22.2. The van der Waals surface area contributed by atoms with E-state index in [0.29, 0.717) is 6.04 Å². The summed E-state index contributed by atoms with van der Waals surface area (Å²) in [6.45, 7) is 12.4. The van der Waals surface area contributed by atoms with Gasteiger partial charge in [-0.05, 0) is 6.92 Å². The molecule has 0 aromatic rings. The topological polar surface area (TPSA) is 36.9 Å². The SMILES string of the molecule is C=C/C=C(C=C)/C(=N\OC)N1CCNC(C)C1. The van der Waals surface area contributed by atoms with E-state index in [2.05, 4.69) is 35.5 Å². The fraction of sp³-hybridized carbons (Fsp3) is 0.462. The summed E-state index contributed by atoms with van der Waals surface area (Å²) in [4.78, 5) is 7.12. The van der Waals surface area contributed by atoms with E-state index in [0.717, 1.165) is 31.0 Å². The lowest BCUT2D eigenvalue weighted by Crippen LogP contribution is -2.51. The van der Waals surface area contributed by atoms with Gasteiger partial charge in [-0.1, -0.05) is 36.5 Å². The molecule has 1 rings (SSSR count). The molecule has 0 spiro atoms. The predicted molar refractivity (Wildman–Crippen MR) is 72.0 cm³/mol. The van der Waals surface area contributed by atoms with Crippen LogP contribution in [0.15, 0.2) is 42.1 Å². The molecule has 1 unspecified atom stereocenters. The summed E-state index contributed by atoms with van der Waals surface area (Å²) < 4.78 is 0. The first kappa shape index (κ1) is 13.5. The highest BCUT2D eigenvalue weighted by atomic mass is 16.6. The average molecular weight is 235 g/mol. The van der Waals surface area contributed by atoms with Gasteiger partial charge in [0.15, 0.2) is 5.84 Å². The Hall–Kier alpha value is -1.55. The van der Waals surface area contributed by atoms with Crippen LogP contribution in [0.4, 0.5) is 0 Å². The van der Waals surface area contributed by atoms with Crippen molar-refractivity contribution in [1.29, 1.82) is 0 Å². The van der Waals surface area contributed by atoms with Crippen molar-refractivity contribution in [2.75, 3.05) is 26.7 Å². The molecule has 4 heteroatoms. The van der Waals surface area contributed by atoms with Crippen molar-refractivity contribution in [3.8, 4) is 0 Å². The monoisotopic (exact) mass is 235 g/mol. The van der Waals surface area contributed by atoms with E-state index in [9.17, 15) is 0 Å². The van der Waals surface area contributed by atoms with E-state index in [1.54, 1.807) is 19.3 Å². The number of oxime groups is 1. The Kier molecular flexibility index (Phi) is 5.49. The average Bonchev–Trinajstić information content (AvgIpc) is 2.33. The zero-order chi connectivity index (χ0) is 12.7. The van der Waals surface area contributed by atoms with Gasteiger partial charge in [0.25, 0.3) is 0 Å². The number of allylic oxidation sites excluding steroid dienone is 2. The molecule has 0 aliphatic carbocycles. The lowest BCUT2D eigenvalue weighted by molar-refractivity contribution is 0.201. The van der Waals surface area contributed by atoms with Crippen molar-refractivity contribution in [3.05, 3.63) is 37.0 Å². The molecule has 4 nitrogen and oxygen atoms in total. The van der Waals surface area contributed by atoms with Crippen molar-refractivity contribution < 1.29 is 4.84 Å². The smallest absolute Gasteiger partial charge is 0.175 e. The van der Waals surface area contributed by atoms with Crippen LogP contribution >= 0.6 is 0 Å². The van der Waals surface area contributed by atoms with Gasteiger partial charge in [-0.2, -0.15) is 0 Å². The minimum absolute atomic E-state index is 0.445. The Morgan fingerprint density at radius 1 is 1.53 bits per heavy atom. The van der Waals surface area contributed by atoms with Gasteiger partial charge in [0.1, 0.15) is 7.11 Å². The van der Waals surface area contributed by atoms with E-state index < -0.39 is 0 Å². The first-order chi connectivity index (χ1) is 8.22. The highest BCUT2D eigenvalue weighted by molar-refractivity contribution is 6.00. The molecule has 0 aromatic heterocycles. The summed E-state index contributed by atoms with van der Waals surface area (Å²) in [5, 5.41) is 7.49. The molecule has 1 fully saturated rings. The van der Waals surface area contributed by atoms with Crippen LogP contribution in [0, 0.1) is 0 Å². The molecule has 17 heavy (non-hydrogen) atoms. The zero-order valence-corrected chi connectivity index (χ0v) is 10.6. The van der Waals surface area contributed by atoms with E-state index in [1.165, 1.54) is 0 Å². The predicted octanol–water partition coefficient (Wildman–Crippen LogP) is 1.54. The van der Waals surface area contributed by atoms with E-state index in [-0.39, 0.29) is 0 Å². The Balaban J connectivity index is 2.92. The van der Waals surface area contributed by atoms with Crippen molar-refractivity contribution in [2.24, 2.45) is 5.16 Å². The molecular weight excluding hydrogens is 214 g/mol. The molecule has 1 saturated heterocycles. The number of rotatable bonds is 4. The van der Waals surface area contributed by atoms with Crippen LogP contribution < -0.4 is 5.32 Å². The third-order valence-electron chi connectivity index (χ3n) is 2.62. The second-order valence-corrected chi connectivity index (χ2v) is 3.96. The Labute approximate surface area is 103 Å². The molecule has 1 N–H and O–H groups in total. The number of hydrogen-bond acceptors (Lipinski definition) is 3. The van der Waals surface area contributed by atoms with Crippen molar-refractivity contribution in [3.63, 3.8) is 0 Å². The molecule has 0 amide bonds. The van der Waals surface area contributed by atoms with Gasteiger partial charge in [0.2, 0.25) is 0 Å². The maximum Gasteiger partial charge on any atom is 0.175 e. The Morgan fingerprint density at radius 2 is 2.29 bits per heavy atom. The van der Waals surface area contributed by atoms with Crippen LogP contribution in [0.5, 0.6) is 0 Å². The van der Waals surface area contributed by atoms with E-state index in [4.69, 9.17) is 4.84 Å². The van der Waals surface area contributed by atoms with E-state index in [1.807, 2.05) is 6.08 Å². The lowest BCUT2D eigenvalue weighted by Gasteiger charge is -2.34. The van der Waals surface area contributed by atoms with Gasteiger partial charge in [0.05, 0.1) is 0 Å². The lowest BCUT2D eigenvalue weighted by atomic mass is 10.1. The van der Waals surface area contributed by atoms with Gasteiger partial charge in [-0.3, -0.25) is 0 Å².